The molecule has 21 heavy (non-hydrogen) atoms. The number of ether oxygens (including phenoxy) is 2. The van der Waals surface area contributed by atoms with Crippen molar-refractivity contribution in [3.63, 3.8) is 0 Å². The Hall–Kier alpha value is -2.69. The number of nitrogens with two attached hydrogens (primary N) is 1. The van der Waals surface area contributed by atoms with E-state index in [1.807, 2.05) is 6.92 Å². The second kappa shape index (κ2) is 6.17. The van der Waals surface area contributed by atoms with Crippen LogP contribution in [0.2, 0.25) is 0 Å². The molecule has 0 unspecified atom stereocenters. The average Bonchev–Trinajstić information content (AvgIpc) is 2.49. The second-order valence-electron chi connectivity index (χ2n) is 4.57. The number of anilines is 2. The highest BCUT2D eigenvalue weighted by Crippen LogP contribution is 2.29. The first-order chi connectivity index (χ1) is 10.1. The highest BCUT2D eigenvalue weighted by Gasteiger charge is 2.18. The van der Waals surface area contributed by atoms with Crippen LogP contribution in [0.4, 0.5) is 11.4 Å². The molecule has 0 aliphatic carbocycles. The highest BCUT2D eigenvalue weighted by atomic mass is 16.5. The smallest absolute Gasteiger partial charge is 0.263 e. The molecule has 110 valence electrons. The number of hydrogen-bond donors (Lipinski definition) is 2. The number of rotatable bonds is 4. The third-order valence-corrected chi connectivity index (χ3v) is 3.15. The third kappa shape index (κ3) is 3.08. The summed E-state index contributed by atoms with van der Waals surface area (Å²) in [6.07, 6.45) is 0. The third-order valence-electron chi connectivity index (χ3n) is 3.15. The van der Waals surface area contributed by atoms with Crippen LogP contribution in [0.1, 0.15) is 15.9 Å². The van der Waals surface area contributed by atoms with E-state index >= 15 is 0 Å². The van der Waals surface area contributed by atoms with E-state index in [1.54, 1.807) is 36.4 Å². The first-order valence-electron chi connectivity index (χ1n) is 6.45. The molecule has 0 bridgehead atoms. The molecule has 1 amide bonds. The second-order valence-corrected chi connectivity index (χ2v) is 4.57. The Balaban J connectivity index is 2.36. The zero-order valence-electron chi connectivity index (χ0n) is 12.3. The number of nitrogen functional groups attached to an aromatic ring is 1. The van der Waals surface area contributed by atoms with Crippen molar-refractivity contribution in [2.24, 2.45) is 0 Å². The first-order valence-corrected chi connectivity index (χ1v) is 6.45. The molecule has 0 aliphatic heterocycles. The van der Waals surface area contributed by atoms with Crippen LogP contribution in [-0.2, 0) is 0 Å². The van der Waals surface area contributed by atoms with Gasteiger partial charge in [-0.3, -0.25) is 4.79 Å². The van der Waals surface area contributed by atoms with Gasteiger partial charge in [0.2, 0.25) is 0 Å². The van der Waals surface area contributed by atoms with Gasteiger partial charge < -0.3 is 20.5 Å². The molecule has 0 saturated carbocycles. The van der Waals surface area contributed by atoms with Crippen LogP contribution in [0.5, 0.6) is 11.5 Å². The minimum absolute atomic E-state index is 0.294. The van der Waals surface area contributed by atoms with E-state index in [0.29, 0.717) is 28.4 Å². The number of benzene rings is 2. The standard InChI is InChI=1S/C16H18N2O3/c1-10-9-11(17)7-8-12(10)18-16(19)15-13(20-2)5-4-6-14(15)21-3/h4-9H,17H2,1-3H3,(H,18,19). The van der Waals surface area contributed by atoms with Gasteiger partial charge in [-0.2, -0.15) is 0 Å². The summed E-state index contributed by atoms with van der Waals surface area (Å²) in [7, 11) is 3.03. The fraction of sp³-hybridized carbons (Fsp3) is 0.188. The van der Waals surface area contributed by atoms with Gasteiger partial charge >= 0.3 is 0 Å². The maximum absolute atomic E-state index is 12.5. The molecule has 5 nitrogen and oxygen atoms in total. The van der Waals surface area contributed by atoms with Crippen molar-refractivity contribution in [2.45, 2.75) is 6.92 Å². The van der Waals surface area contributed by atoms with Gasteiger partial charge in [-0.25, -0.2) is 0 Å². The lowest BCUT2D eigenvalue weighted by Gasteiger charge is -2.14. The molecule has 0 aliphatic rings. The Morgan fingerprint density at radius 1 is 1.10 bits per heavy atom. The molecule has 2 aromatic carbocycles. The normalized spacial score (nSPS) is 10.0. The average molecular weight is 286 g/mol. The summed E-state index contributed by atoms with van der Waals surface area (Å²) in [6, 6.07) is 10.5. The van der Waals surface area contributed by atoms with Gasteiger partial charge in [0.1, 0.15) is 17.1 Å². The topological polar surface area (TPSA) is 73.6 Å². The van der Waals surface area contributed by atoms with Crippen molar-refractivity contribution < 1.29 is 14.3 Å². The lowest BCUT2D eigenvalue weighted by Crippen LogP contribution is -2.15. The van der Waals surface area contributed by atoms with Gasteiger partial charge in [-0.1, -0.05) is 6.07 Å². The van der Waals surface area contributed by atoms with Crippen molar-refractivity contribution >= 4 is 17.3 Å². The minimum Gasteiger partial charge on any atom is -0.496 e. The van der Waals surface area contributed by atoms with Crippen molar-refractivity contribution in [3.8, 4) is 11.5 Å². The SMILES string of the molecule is COc1cccc(OC)c1C(=O)Nc1ccc(N)cc1C. The fourth-order valence-corrected chi connectivity index (χ4v) is 2.09. The van der Waals surface area contributed by atoms with Crippen LogP contribution in [-0.4, -0.2) is 20.1 Å². The van der Waals surface area contributed by atoms with Crippen molar-refractivity contribution in [1.82, 2.24) is 0 Å². The van der Waals surface area contributed by atoms with Crippen LogP contribution in [0.15, 0.2) is 36.4 Å². The summed E-state index contributed by atoms with van der Waals surface area (Å²) in [5.74, 6) is 0.622. The summed E-state index contributed by atoms with van der Waals surface area (Å²) in [5, 5.41) is 2.85. The van der Waals surface area contributed by atoms with Gasteiger partial charge in [0.15, 0.2) is 0 Å². The lowest BCUT2D eigenvalue weighted by atomic mass is 10.1. The molecule has 2 aromatic rings. The molecule has 3 N–H and O–H groups in total. The van der Waals surface area contributed by atoms with E-state index in [1.165, 1.54) is 14.2 Å². The molecular weight excluding hydrogens is 268 g/mol. The summed E-state index contributed by atoms with van der Waals surface area (Å²) in [4.78, 5) is 12.5. The monoisotopic (exact) mass is 286 g/mol. The van der Waals surface area contributed by atoms with Crippen LogP contribution >= 0.6 is 0 Å². The summed E-state index contributed by atoms with van der Waals surface area (Å²) < 4.78 is 10.5. The number of hydrogen-bond acceptors (Lipinski definition) is 4. The van der Waals surface area contributed by atoms with Gasteiger partial charge in [0, 0.05) is 11.4 Å². The van der Waals surface area contributed by atoms with Gasteiger partial charge in [0.05, 0.1) is 14.2 Å². The Morgan fingerprint density at radius 2 is 1.71 bits per heavy atom. The Bertz CT molecular complexity index is 646. The van der Waals surface area contributed by atoms with Gasteiger partial charge in [0.25, 0.3) is 5.91 Å². The van der Waals surface area contributed by atoms with Crippen LogP contribution in [0, 0.1) is 6.92 Å². The van der Waals surface area contributed by atoms with E-state index in [2.05, 4.69) is 5.32 Å². The van der Waals surface area contributed by atoms with E-state index < -0.39 is 0 Å². The molecule has 0 heterocycles. The Morgan fingerprint density at radius 3 is 2.24 bits per heavy atom. The maximum Gasteiger partial charge on any atom is 0.263 e. The molecule has 0 fully saturated rings. The largest absolute Gasteiger partial charge is 0.496 e. The fourth-order valence-electron chi connectivity index (χ4n) is 2.09. The lowest BCUT2D eigenvalue weighted by molar-refractivity contribution is 0.102. The predicted molar refractivity (Wildman–Crippen MR) is 83.1 cm³/mol. The summed E-state index contributed by atoms with van der Waals surface area (Å²) >= 11 is 0. The van der Waals surface area contributed by atoms with E-state index in [-0.39, 0.29) is 5.91 Å². The van der Waals surface area contributed by atoms with E-state index in [9.17, 15) is 4.79 Å². The van der Waals surface area contributed by atoms with Crippen LogP contribution < -0.4 is 20.5 Å². The molecule has 5 heteroatoms. The van der Waals surface area contributed by atoms with E-state index in [4.69, 9.17) is 15.2 Å². The number of amides is 1. The molecule has 0 radical (unpaired) electrons. The summed E-state index contributed by atoms with van der Waals surface area (Å²) in [5.41, 5.74) is 8.30. The van der Waals surface area contributed by atoms with E-state index in [0.717, 1.165) is 5.56 Å². The number of carbonyl (C=O) groups is 1. The van der Waals surface area contributed by atoms with Crippen molar-refractivity contribution in [3.05, 3.63) is 47.5 Å². The molecule has 0 saturated heterocycles. The Kier molecular flexibility index (Phi) is 4.33. The number of nitrogens with one attached hydrogen (secondary N) is 1. The molecule has 0 spiro atoms. The Labute approximate surface area is 123 Å². The van der Waals surface area contributed by atoms with Gasteiger partial charge in [-0.05, 0) is 42.8 Å². The molecule has 0 atom stereocenters. The molecular formula is C16H18N2O3. The van der Waals surface area contributed by atoms with Crippen LogP contribution in [0.3, 0.4) is 0 Å². The van der Waals surface area contributed by atoms with Crippen molar-refractivity contribution in [2.75, 3.05) is 25.3 Å². The zero-order valence-corrected chi connectivity index (χ0v) is 12.3. The zero-order chi connectivity index (χ0) is 15.4. The maximum atomic E-state index is 12.5. The van der Waals surface area contributed by atoms with Crippen molar-refractivity contribution in [1.29, 1.82) is 0 Å². The first kappa shape index (κ1) is 14.7. The van der Waals surface area contributed by atoms with Crippen LogP contribution in [0.25, 0.3) is 0 Å². The molecule has 0 aromatic heterocycles. The number of aryl methyl sites for hydroxylation is 1. The highest BCUT2D eigenvalue weighted by molar-refractivity contribution is 6.08. The number of carbonyl (C=O) groups excluding carboxylic acids is 1. The quantitative estimate of drug-likeness (QED) is 0.848. The minimum atomic E-state index is -0.294. The molecule has 2 rings (SSSR count). The number of methoxy groups -OCH3 is 2. The predicted octanol–water partition coefficient (Wildman–Crippen LogP) is 2.85. The van der Waals surface area contributed by atoms with Gasteiger partial charge in [-0.15, -0.1) is 0 Å². The summed E-state index contributed by atoms with van der Waals surface area (Å²) in [6.45, 7) is 1.88.